The molecule has 4 heterocycles. The molecular formula is C24H23ClN8O. The third kappa shape index (κ3) is 4.65. The molecule has 0 spiro atoms. The maximum Gasteiger partial charge on any atom is 0.256 e. The van der Waals surface area contributed by atoms with E-state index >= 15 is 0 Å². The summed E-state index contributed by atoms with van der Waals surface area (Å²) in [6.45, 7) is 3.54. The zero-order valence-electron chi connectivity index (χ0n) is 18.5. The van der Waals surface area contributed by atoms with E-state index in [0.717, 1.165) is 27.6 Å². The monoisotopic (exact) mass is 474 g/mol. The first-order chi connectivity index (χ1) is 16.4. The van der Waals surface area contributed by atoms with Crippen LogP contribution in [-0.4, -0.2) is 35.4 Å². The number of halogens is 1. The highest BCUT2D eigenvalue weighted by atomic mass is 35.5. The SMILES string of the molecule is Cc1cnn(Cc2ccc(Cn3cc(C(=O)NCc4cnc5[nH]cc(Cl)c5c4)c(N)n3)cc2)c1. The van der Waals surface area contributed by atoms with E-state index in [0.29, 0.717) is 35.9 Å². The second-order valence-electron chi connectivity index (χ2n) is 8.22. The fourth-order valence-corrected chi connectivity index (χ4v) is 3.96. The lowest BCUT2D eigenvalue weighted by Gasteiger charge is -2.05. The number of anilines is 1. The van der Waals surface area contributed by atoms with Gasteiger partial charge in [-0.1, -0.05) is 35.9 Å². The van der Waals surface area contributed by atoms with Gasteiger partial charge in [0.2, 0.25) is 0 Å². The molecule has 172 valence electrons. The zero-order chi connectivity index (χ0) is 23.7. The summed E-state index contributed by atoms with van der Waals surface area (Å²) < 4.78 is 3.58. The lowest BCUT2D eigenvalue weighted by Crippen LogP contribution is -2.23. The summed E-state index contributed by atoms with van der Waals surface area (Å²) >= 11 is 6.15. The van der Waals surface area contributed by atoms with Gasteiger partial charge in [0.25, 0.3) is 5.91 Å². The number of amides is 1. The topological polar surface area (TPSA) is 119 Å². The van der Waals surface area contributed by atoms with E-state index in [1.807, 2.05) is 42.2 Å². The first-order valence-electron chi connectivity index (χ1n) is 10.7. The number of pyridine rings is 1. The minimum Gasteiger partial charge on any atom is -0.382 e. The van der Waals surface area contributed by atoms with Crippen molar-refractivity contribution in [3.63, 3.8) is 0 Å². The number of aromatic amines is 1. The molecule has 0 fully saturated rings. The summed E-state index contributed by atoms with van der Waals surface area (Å²) in [6, 6.07) is 10.1. The lowest BCUT2D eigenvalue weighted by molar-refractivity contribution is 0.0951. The van der Waals surface area contributed by atoms with Crippen LogP contribution in [0.25, 0.3) is 11.0 Å². The number of carbonyl (C=O) groups excluding carboxylic acids is 1. The molecule has 0 aliphatic heterocycles. The number of aryl methyl sites for hydroxylation is 1. The predicted molar refractivity (Wildman–Crippen MR) is 131 cm³/mol. The molecule has 34 heavy (non-hydrogen) atoms. The summed E-state index contributed by atoms with van der Waals surface area (Å²) in [5.41, 5.74) is 11.2. The highest BCUT2D eigenvalue weighted by molar-refractivity contribution is 6.35. The van der Waals surface area contributed by atoms with Crippen LogP contribution in [0.4, 0.5) is 5.82 Å². The largest absolute Gasteiger partial charge is 0.382 e. The van der Waals surface area contributed by atoms with Crippen LogP contribution in [0, 0.1) is 6.92 Å². The molecule has 0 aliphatic carbocycles. The molecule has 9 nitrogen and oxygen atoms in total. The zero-order valence-corrected chi connectivity index (χ0v) is 19.3. The van der Waals surface area contributed by atoms with Crippen molar-refractivity contribution in [2.24, 2.45) is 0 Å². The molecule has 1 amide bonds. The van der Waals surface area contributed by atoms with Crippen LogP contribution in [0.1, 0.15) is 32.6 Å². The van der Waals surface area contributed by atoms with E-state index in [-0.39, 0.29) is 11.7 Å². The number of benzene rings is 1. The van der Waals surface area contributed by atoms with Crippen LogP contribution >= 0.6 is 11.6 Å². The Bertz CT molecular complexity index is 1460. The Kier molecular flexibility index (Phi) is 5.77. The van der Waals surface area contributed by atoms with Crippen molar-refractivity contribution in [2.75, 3.05) is 5.73 Å². The highest BCUT2D eigenvalue weighted by Gasteiger charge is 2.15. The minimum atomic E-state index is -0.297. The Hall–Kier alpha value is -4.11. The fraction of sp³-hybridized carbons (Fsp3) is 0.167. The minimum absolute atomic E-state index is 0.186. The quantitative estimate of drug-likeness (QED) is 0.333. The first kappa shape index (κ1) is 21.7. The van der Waals surface area contributed by atoms with Gasteiger partial charge < -0.3 is 16.0 Å². The number of nitrogens with zero attached hydrogens (tertiary/aromatic N) is 5. The van der Waals surface area contributed by atoms with Crippen molar-refractivity contribution < 1.29 is 4.79 Å². The number of nitrogens with one attached hydrogen (secondary N) is 2. The van der Waals surface area contributed by atoms with Crippen molar-refractivity contribution in [3.8, 4) is 0 Å². The Morgan fingerprint density at radius 2 is 1.82 bits per heavy atom. The van der Waals surface area contributed by atoms with Crippen LogP contribution in [0.5, 0.6) is 0 Å². The second-order valence-corrected chi connectivity index (χ2v) is 8.62. The number of nitrogens with two attached hydrogens (primary N) is 1. The summed E-state index contributed by atoms with van der Waals surface area (Å²) in [4.78, 5) is 20.0. The van der Waals surface area contributed by atoms with Crippen LogP contribution in [0.3, 0.4) is 0 Å². The second kappa shape index (κ2) is 9.03. The summed E-state index contributed by atoms with van der Waals surface area (Å²) in [6.07, 6.45) is 8.90. The molecule has 0 atom stereocenters. The number of aromatic nitrogens is 6. The van der Waals surface area contributed by atoms with Gasteiger partial charge >= 0.3 is 0 Å². The Balaban J connectivity index is 1.21. The number of H-pyrrole nitrogens is 1. The lowest BCUT2D eigenvalue weighted by atomic mass is 10.1. The predicted octanol–water partition coefficient (Wildman–Crippen LogP) is 3.53. The van der Waals surface area contributed by atoms with E-state index < -0.39 is 0 Å². The molecule has 5 aromatic rings. The highest BCUT2D eigenvalue weighted by Crippen LogP contribution is 2.22. The average Bonchev–Trinajstić information content (AvgIpc) is 3.52. The Morgan fingerprint density at radius 1 is 1.09 bits per heavy atom. The molecule has 0 saturated heterocycles. The van der Waals surface area contributed by atoms with E-state index in [2.05, 4.69) is 37.6 Å². The van der Waals surface area contributed by atoms with Gasteiger partial charge in [-0.25, -0.2) is 4.98 Å². The van der Waals surface area contributed by atoms with Gasteiger partial charge in [-0.3, -0.25) is 14.2 Å². The average molecular weight is 475 g/mol. The molecule has 1 aromatic carbocycles. The van der Waals surface area contributed by atoms with Crippen molar-refractivity contribution in [2.45, 2.75) is 26.6 Å². The molecule has 0 radical (unpaired) electrons. The number of nitrogen functional groups attached to an aromatic ring is 1. The van der Waals surface area contributed by atoms with Gasteiger partial charge in [0.1, 0.15) is 11.2 Å². The molecule has 0 aliphatic rings. The van der Waals surface area contributed by atoms with Crippen molar-refractivity contribution in [1.82, 2.24) is 34.8 Å². The smallest absolute Gasteiger partial charge is 0.256 e. The maximum absolute atomic E-state index is 12.7. The fourth-order valence-electron chi connectivity index (χ4n) is 3.76. The van der Waals surface area contributed by atoms with Crippen molar-refractivity contribution in [1.29, 1.82) is 0 Å². The van der Waals surface area contributed by atoms with Crippen molar-refractivity contribution >= 4 is 34.4 Å². The van der Waals surface area contributed by atoms with Gasteiger partial charge in [-0.15, -0.1) is 0 Å². The van der Waals surface area contributed by atoms with Crippen LogP contribution in [0.2, 0.25) is 5.02 Å². The number of fused-ring (bicyclic) bond motifs is 1. The Labute approximate surface area is 200 Å². The van der Waals surface area contributed by atoms with Crippen LogP contribution in [0.15, 0.2) is 61.3 Å². The third-order valence-corrected chi connectivity index (χ3v) is 5.81. The molecule has 4 aromatic heterocycles. The van der Waals surface area contributed by atoms with E-state index in [9.17, 15) is 4.79 Å². The van der Waals surface area contributed by atoms with E-state index in [4.69, 9.17) is 17.3 Å². The normalized spacial score (nSPS) is 11.2. The number of hydrogen-bond acceptors (Lipinski definition) is 5. The standard InChI is InChI=1S/C24H23ClN8O/c1-15-7-30-32(11-15)12-16-2-4-17(5-3-16)13-33-14-20(22(26)31-33)24(34)29-9-18-6-19-21(25)10-28-23(19)27-8-18/h2-8,10-11,14H,9,12-13H2,1H3,(H2,26,31)(H,27,28)(H,29,34). The number of hydrogen-bond donors (Lipinski definition) is 3. The molecule has 10 heteroatoms. The van der Waals surface area contributed by atoms with Crippen molar-refractivity contribution in [3.05, 3.63) is 94.2 Å². The molecule has 0 saturated carbocycles. The Morgan fingerprint density at radius 3 is 2.53 bits per heavy atom. The molecule has 0 unspecified atom stereocenters. The number of carbonyl (C=O) groups is 1. The van der Waals surface area contributed by atoms with Crippen LogP contribution < -0.4 is 11.1 Å². The summed E-state index contributed by atoms with van der Waals surface area (Å²) in [7, 11) is 0. The maximum atomic E-state index is 12.7. The van der Waals surface area contributed by atoms with Gasteiger partial charge in [0.15, 0.2) is 5.82 Å². The van der Waals surface area contributed by atoms with Gasteiger partial charge in [0.05, 0.1) is 24.3 Å². The molecule has 4 N–H and O–H groups in total. The summed E-state index contributed by atoms with van der Waals surface area (Å²) in [5.74, 6) is -0.112. The van der Waals surface area contributed by atoms with Gasteiger partial charge in [-0.2, -0.15) is 10.2 Å². The van der Waals surface area contributed by atoms with Gasteiger partial charge in [-0.05, 0) is 35.2 Å². The molecule has 5 rings (SSSR count). The third-order valence-electron chi connectivity index (χ3n) is 5.50. The van der Waals surface area contributed by atoms with E-state index in [1.165, 1.54) is 0 Å². The number of rotatable bonds is 7. The first-order valence-corrected chi connectivity index (χ1v) is 11.1. The summed E-state index contributed by atoms with van der Waals surface area (Å²) in [5, 5.41) is 12.9. The molecule has 0 bridgehead atoms. The van der Waals surface area contributed by atoms with E-state index in [1.54, 1.807) is 23.3 Å². The van der Waals surface area contributed by atoms with Crippen LogP contribution in [-0.2, 0) is 19.6 Å². The van der Waals surface area contributed by atoms with Gasteiger partial charge in [0, 0.05) is 36.7 Å². The molecular weight excluding hydrogens is 452 g/mol.